The Bertz CT molecular complexity index is 919. The van der Waals surface area contributed by atoms with Gasteiger partial charge in [-0.15, -0.1) is 0 Å². The van der Waals surface area contributed by atoms with Crippen LogP contribution in [0.4, 0.5) is 4.39 Å². The molecule has 0 saturated heterocycles. The van der Waals surface area contributed by atoms with E-state index in [0.29, 0.717) is 11.3 Å². The normalized spacial score (nSPS) is 10.7. The fourth-order valence-corrected chi connectivity index (χ4v) is 2.72. The maximum absolute atomic E-state index is 13.5. The highest BCUT2D eigenvalue weighted by Gasteiger charge is 2.16. The second-order valence-electron chi connectivity index (χ2n) is 5.24. The smallest absolute Gasteiger partial charge is 0.128 e. The highest BCUT2D eigenvalue weighted by atomic mass is 19.1. The van der Waals surface area contributed by atoms with Gasteiger partial charge in [0.25, 0.3) is 0 Å². The molecule has 110 valence electrons. The number of hydrogen-bond acceptors (Lipinski definition) is 2. The Morgan fingerprint density at radius 2 is 1.91 bits per heavy atom. The van der Waals surface area contributed by atoms with Gasteiger partial charge in [-0.3, -0.25) is 0 Å². The van der Waals surface area contributed by atoms with E-state index in [1.54, 1.807) is 26.2 Å². The summed E-state index contributed by atoms with van der Waals surface area (Å²) in [4.78, 5) is 0. The molecule has 2 aromatic carbocycles. The number of benzene rings is 2. The summed E-state index contributed by atoms with van der Waals surface area (Å²) >= 11 is 0. The van der Waals surface area contributed by atoms with Gasteiger partial charge in [-0.2, -0.15) is 5.26 Å². The van der Waals surface area contributed by atoms with Crippen LogP contribution in [0.5, 0.6) is 5.75 Å². The van der Waals surface area contributed by atoms with Gasteiger partial charge in [0.15, 0.2) is 0 Å². The number of nitriles is 1. The molecule has 0 spiro atoms. The molecule has 0 aliphatic heterocycles. The zero-order valence-corrected chi connectivity index (χ0v) is 12.6. The molecule has 0 fully saturated rings. The Kier molecular flexibility index (Phi) is 3.34. The van der Waals surface area contributed by atoms with E-state index in [0.717, 1.165) is 27.9 Å². The van der Waals surface area contributed by atoms with Crippen LogP contribution in [0.3, 0.4) is 0 Å². The topological polar surface area (TPSA) is 37.9 Å². The number of ether oxygens (including phenoxy) is 1. The minimum absolute atomic E-state index is 0.253. The van der Waals surface area contributed by atoms with Gasteiger partial charge in [-0.25, -0.2) is 4.39 Å². The summed E-state index contributed by atoms with van der Waals surface area (Å²) in [6.45, 7) is 3.62. The van der Waals surface area contributed by atoms with E-state index < -0.39 is 0 Å². The first-order valence-corrected chi connectivity index (χ1v) is 6.92. The van der Waals surface area contributed by atoms with Crippen molar-refractivity contribution in [2.24, 2.45) is 0 Å². The molecule has 0 N–H and O–H groups in total. The van der Waals surface area contributed by atoms with Crippen molar-refractivity contribution in [2.45, 2.75) is 13.8 Å². The summed E-state index contributed by atoms with van der Waals surface area (Å²) < 4.78 is 20.6. The Hall–Kier alpha value is -2.80. The summed E-state index contributed by atoms with van der Waals surface area (Å²) in [5, 5.41) is 10.5. The molecule has 0 atom stereocenters. The maximum Gasteiger partial charge on any atom is 0.128 e. The van der Waals surface area contributed by atoms with Crippen molar-refractivity contribution in [3.63, 3.8) is 0 Å². The number of hydrogen-bond donors (Lipinski definition) is 0. The standard InChI is InChI=1S/C18H15FN2O/c1-11-8-13(4-6-16(11)19)21-17-7-5-14(22-3)9-15(17)12(2)18(21)10-20/h4-9H,1-3H3. The summed E-state index contributed by atoms with van der Waals surface area (Å²) in [5.41, 5.74) is 3.67. The van der Waals surface area contributed by atoms with Crippen molar-refractivity contribution >= 4 is 10.9 Å². The quantitative estimate of drug-likeness (QED) is 0.708. The lowest BCUT2D eigenvalue weighted by atomic mass is 10.1. The van der Waals surface area contributed by atoms with E-state index in [9.17, 15) is 9.65 Å². The van der Waals surface area contributed by atoms with Crippen molar-refractivity contribution in [3.8, 4) is 17.5 Å². The molecular formula is C18H15FN2O. The number of aryl methyl sites for hydroxylation is 2. The van der Waals surface area contributed by atoms with Crippen molar-refractivity contribution in [1.29, 1.82) is 5.26 Å². The first-order valence-electron chi connectivity index (χ1n) is 6.92. The molecule has 1 aromatic heterocycles. The number of aromatic nitrogens is 1. The summed E-state index contributed by atoms with van der Waals surface area (Å²) in [6, 6.07) is 12.8. The second kappa shape index (κ2) is 5.19. The molecule has 0 aliphatic rings. The third kappa shape index (κ3) is 2.03. The molecule has 0 unspecified atom stereocenters. The molecule has 1 heterocycles. The third-order valence-electron chi connectivity index (χ3n) is 3.93. The molecule has 4 heteroatoms. The lowest BCUT2D eigenvalue weighted by Crippen LogP contribution is -1.99. The Labute approximate surface area is 128 Å². The molecule has 3 rings (SSSR count). The van der Waals surface area contributed by atoms with E-state index in [1.807, 2.05) is 29.7 Å². The lowest BCUT2D eigenvalue weighted by Gasteiger charge is -2.09. The van der Waals surface area contributed by atoms with Crippen molar-refractivity contribution in [2.75, 3.05) is 7.11 Å². The van der Waals surface area contributed by atoms with Gasteiger partial charge in [-0.1, -0.05) is 0 Å². The molecule has 22 heavy (non-hydrogen) atoms. The van der Waals surface area contributed by atoms with Crippen molar-refractivity contribution in [3.05, 3.63) is 59.0 Å². The van der Waals surface area contributed by atoms with Crippen LogP contribution in [0.2, 0.25) is 0 Å². The first kappa shape index (κ1) is 14.2. The van der Waals surface area contributed by atoms with E-state index in [-0.39, 0.29) is 5.82 Å². The Balaban J connectivity index is 2.37. The molecule has 3 aromatic rings. The van der Waals surface area contributed by atoms with Crippen molar-refractivity contribution < 1.29 is 9.13 Å². The average molecular weight is 294 g/mol. The predicted octanol–water partition coefficient (Wildman–Crippen LogP) is 4.27. The van der Waals surface area contributed by atoms with E-state index in [2.05, 4.69) is 6.07 Å². The van der Waals surface area contributed by atoms with Crippen molar-refractivity contribution in [1.82, 2.24) is 4.57 Å². The number of fused-ring (bicyclic) bond motifs is 1. The number of rotatable bonds is 2. The van der Waals surface area contributed by atoms with E-state index in [4.69, 9.17) is 4.74 Å². The molecule has 0 amide bonds. The van der Waals surface area contributed by atoms with Crippen LogP contribution in [-0.4, -0.2) is 11.7 Å². The minimum Gasteiger partial charge on any atom is -0.497 e. The van der Waals surface area contributed by atoms with E-state index >= 15 is 0 Å². The Morgan fingerprint density at radius 3 is 2.55 bits per heavy atom. The minimum atomic E-state index is -0.253. The molecule has 0 bridgehead atoms. The van der Waals surface area contributed by atoms with Gasteiger partial charge in [0, 0.05) is 11.1 Å². The zero-order valence-electron chi connectivity index (χ0n) is 12.6. The van der Waals surface area contributed by atoms with Crippen LogP contribution in [0, 0.1) is 31.0 Å². The maximum atomic E-state index is 13.5. The number of halogens is 1. The van der Waals surface area contributed by atoms with Crippen LogP contribution in [0.25, 0.3) is 16.6 Å². The SMILES string of the molecule is COc1ccc2c(c1)c(C)c(C#N)n2-c1ccc(F)c(C)c1. The predicted molar refractivity (Wildman–Crippen MR) is 84.0 cm³/mol. The van der Waals surface area contributed by atoms with Crippen LogP contribution in [0.1, 0.15) is 16.8 Å². The number of methoxy groups -OCH3 is 1. The van der Waals surface area contributed by atoms with Crippen LogP contribution < -0.4 is 4.74 Å². The van der Waals surface area contributed by atoms with Gasteiger partial charge in [0.05, 0.1) is 12.6 Å². The van der Waals surface area contributed by atoms with Gasteiger partial charge >= 0.3 is 0 Å². The van der Waals surface area contributed by atoms with Crippen LogP contribution in [0.15, 0.2) is 36.4 Å². The molecule has 0 radical (unpaired) electrons. The first-order chi connectivity index (χ1) is 10.6. The highest BCUT2D eigenvalue weighted by Crippen LogP contribution is 2.31. The van der Waals surface area contributed by atoms with E-state index in [1.165, 1.54) is 6.07 Å². The fourth-order valence-electron chi connectivity index (χ4n) is 2.72. The van der Waals surface area contributed by atoms with Gasteiger partial charge in [0.1, 0.15) is 23.3 Å². The fraction of sp³-hybridized carbons (Fsp3) is 0.167. The third-order valence-corrected chi connectivity index (χ3v) is 3.93. The average Bonchev–Trinajstić information content (AvgIpc) is 2.81. The summed E-state index contributed by atoms with van der Waals surface area (Å²) in [6.07, 6.45) is 0. The van der Waals surface area contributed by atoms with Crippen LogP contribution >= 0.6 is 0 Å². The van der Waals surface area contributed by atoms with Crippen LogP contribution in [-0.2, 0) is 0 Å². The largest absolute Gasteiger partial charge is 0.497 e. The van der Waals surface area contributed by atoms with Gasteiger partial charge in [-0.05, 0) is 61.4 Å². The number of nitrogens with zero attached hydrogens (tertiary/aromatic N) is 2. The summed E-state index contributed by atoms with van der Waals surface area (Å²) in [5.74, 6) is 0.490. The molecule has 0 saturated carbocycles. The Morgan fingerprint density at radius 1 is 1.14 bits per heavy atom. The molecule has 0 aliphatic carbocycles. The van der Waals surface area contributed by atoms with Gasteiger partial charge < -0.3 is 9.30 Å². The zero-order chi connectivity index (χ0) is 15.9. The lowest BCUT2D eigenvalue weighted by molar-refractivity contribution is 0.415. The summed E-state index contributed by atoms with van der Waals surface area (Å²) in [7, 11) is 1.61. The molecule has 3 nitrogen and oxygen atoms in total. The second-order valence-corrected chi connectivity index (χ2v) is 5.24. The highest BCUT2D eigenvalue weighted by molar-refractivity contribution is 5.89. The monoisotopic (exact) mass is 294 g/mol. The molecular weight excluding hydrogens is 279 g/mol. The van der Waals surface area contributed by atoms with Gasteiger partial charge in [0.2, 0.25) is 0 Å².